The Morgan fingerprint density at radius 1 is 1.50 bits per heavy atom. The molecule has 2 unspecified atom stereocenters. The highest BCUT2D eigenvalue weighted by atomic mass is 32.2. The number of nitrogens with one attached hydrogen (secondary N) is 1. The molecule has 0 aromatic heterocycles. The lowest BCUT2D eigenvalue weighted by atomic mass is 10.0. The van der Waals surface area contributed by atoms with E-state index in [0.29, 0.717) is 12.0 Å². The summed E-state index contributed by atoms with van der Waals surface area (Å²) in [6.45, 7) is 7.48. The summed E-state index contributed by atoms with van der Waals surface area (Å²) in [5.74, 6) is 2.92. The Hall–Kier alpha value is -0.220. The van der Waals surface area contributed by atoms with Crippen LogP contribution in [0.15, 0.2) is 0 Å². The molecule has 3 nitrogen and oxygen atoms in total. The highest BCUT2D eigenvalue weighted by Gasteiger charge is 2.26. The Balaban J connectivity index is 2.45. The molecule has 1 fully saturated rings. The van der Waals surface area contributed by atoms with Gasteiger partial charge < -0.3 is 10.2 Å². The second-order valence-corrected chi connectivity index (χ2v) is 6.16. The Bertz CT molecular complexity index is 227. The van der Waals surface area contributed by atoms with Gasteiger partial charge in [-0.2, -0.15) is 11.8 Å². The monoisotopic (exact) mass is 244 g/mol. The molecular formula is C12H24N2OS. The summed E-state index contributed by atoms with van der Waals surface area (Å²) in [5.41, 5.74) is 0. The van der Waals surface area contributed by atoms with Crippen LogP contribution in [0.3, 0.4) is 0 Å². The van der Waals surface area contributed by atoms with Gasteiger partial charge in [-0.05, 0) is 19.3 Å². The van der Waals surface area contributed by atoms with Crippen molar-refractivity contribution in [2.45, 2.75) is 39.3 Å². The molecule has 0 saturated carbocycles. The number of amides is 1. The van der Waals surface area contributed by atoms with Gasteiger partial charge in [0.1, 0.15) is 0 Å². The third-order valence-electron chi connectivity index (χ3n) is 3.04. The summed E-state index contributed by atoms with van der Waals surface area (Å²) >= 11 is 1.86. The van der Waals surface area contributed by atoms with Crippen molar-refractivity contribution in [2.75, 3.05) is 25.1 Å². The third kappa shape index (κ3) is 3.98. The number of thioether (sulfide) groups is 1. The van der Waals surface area contributed by atoms with Crippen LogP contribution in [0, 0.1) is 5.92 Å². The van der Waals surface area contributed by atoms with Crippen molar-refractivity contribution in [1.82, 2.24) is 10.2 Å². The van der Waals surface area contributed by atoms with Gasteiger partial charge in [0, 0.05) is 31.1 Å². The van der Waals surface area contributed by atoms with E-state index < -0.39 is 0 Å². The van der Waals surface area contributed by atoms with E-state index in [1.54, 1.807) is 0 Å². The van der Waals surface area contributed by atoms with Gasteiger partial charge in [-0.1, -0.05) is 13.8 Å². The molecular weight excluding hydrogens is 220 g/mol. The third-order valence-corrected chi connectivity index (χ3v) is 4.10. The maximum Gasteiger partial charge on any atom is 0.240 e. The summed E-state index contributed by atoms with van der Waals surface area (Å²) in [5, 5.41) is 3.30. The average Bonchev–Trinajstić information content (AvgIpc) is 2.27. The van der Waals surface area contributed by atoms with Crippen LogP contribution in [-0.2, 0) is 4.79 Å². The summed E-state index contributed by atoms with van der Waals surface area (Å²) < 4.78 is 0. The van der Waals surface area contributed by atoms with Crippen molar-refractivity contribution < 1.29 is 4.79 Å². The van der Waals surface area contributed by atoms with Crippen molar-refractivity contribution >= 4 is 17.7 Å². The first kappa shape index (κ1) is 13.8. The predicted molar refractivity (Wildman–Crippen MR) is 70.8 cm³/mol. The first-order valence-corrected chi connectivity index (χ1v) is 7.25. The van der Waals surface area contributed by atoms with Crippen molar-refractivity contribution in [3.63, 3.8) is 0 Å². The molecule has 0 bridgehead atoms. The number of hydrogen-bond acceptors (Lipinski definition) is 3. The normalized spacial score (nSPS) is 23.2. The van der Waals surface area contributed by atoms with Crippen molar-refractivity contribution in [3.8, 4) is 0 Å². The molecule has 0 aromatic carbocycles. The van der Waals surface area contributed by atoms with Crippen LogP contribution in [-0.4, -0.2) is 48.0 Å². The van der Waals surface area contributed by atoms with E-state index in [0.717, 1.165) is 24.5 Å². The van der Waals surface area contributed by atoms with Gasteiger partial charge in [-0.3, -0.25) is 4.79 Å². The first-order chi connectivity index (χ1) is 7.52. The molecule has 1 amide bonds. The second kappa shape index (κ2) is 6.50. The van der Waals surface area contributed by atoms with Crippen molar-refractivity contribution in [1.29, 1.82) is 0 Å². The highest BCUT2D eigenvalue weighted by molar-refractivity contribution is 7.99. The molecule has 0 aromatic rings. The Morgan fingerprint density at radius 3 is 2.69 bits per heavy atom. The number of carbonyl (C=O) groups is 1. The largest absolute Gasteiger partial charge is 0.342 e. The molecule has 1 rings (SSSR count). The van der Waals surface area contributed by atoms with Crippen LogP contribution in [0.1, 0.15) is 27.2 Å². The molecule has 0 spiro atoms. The molecule has 0 radical (unpaired) electrons. The van der Waals surface area contributed by atoms with Crippen molar-refractivity contribution in [3.05, 3.63) is 0 Å². The van der Waals surface area contributed by atoms with Crippen LogP contribution in [0.25, 0.3) is 0 Å². The molecule has 1 aliphatic heterocycles. The van der Waals surface area contributed by atoms with Gasteiger partial charge in [-0.25, -0.2) is 0 Å². The molecule has 16 heavy (non-hydrogen) atoms. The zero-order chi connectivity index (χ0) is 12.1. The molecule has 1 saturated heterocycles. The van der Waals surface area contributed by atoms with E-state index in [1.165, 1.54) is 0 Å². The molecule has 94 valence electrons. The van der Waals surface area contributed by atoms with E-state index in [4.69, 9.17) is 0 Å². The van der Waals surface area contributed by atoms with Crippen LogP contribution < -0.4 is 5.32 Å². The number of rotatable bonds is 4. The zero-order valence-corrected chi connectivity index (χ0v) is 11.6. The molecule has 1 heterocycles. The van der Waals surface area contributed by atoms with Gasteiger partial charge in [-0.15, -0.1) is 0 Å². The number of nitrogens with zero attached hydrogens (tertiary/aromatic N) is 1. The van der Waals surface area contributed by atoms with E-state index in [9.17, 15) is 4.79 Å². The lowest BCUT2D eigenvalue weighted by Crippen LogP contribution is -2.51. The van der Waals surface area contributed by atoms with Gasteiger partial charge in [0.2, 0.25) is 5.91 Å². The second-order valence-electron chi connectivity index (χ2n) is 5.01. The van der Waals surface area contributed by atoms with Crippen LogP contribution in [0.4, 0.5) is 0 Å². The smallest absolute Gasteiger partial charge is 0.240 e. The molecule has 2 atom stereocenters. The lowest BCUT2D eigenvalue weighted by Gasteiger charge is -2.31. The molecule has 4 heteroatoms. The molecule has 1 N–H and O–H groups in total. The van der Waals surface area contributed by atoms with Crippen LogP contribution in [0.5, 0.6) is 0 Å². The Labute approximate surface area is 103 Å². The Morgan fingerprint density at radius 2 is 2.19 bits per heavy atom. The summed E-state index contributed by atoms with van der Waals surface area (Å²) in [4.78, 5) is 14.1. The fourth-order valence-electron chi connectivity index (χ4n) is 2.03. The van der Waals surface area contributed by atoms with Gasteiger partial charge in [0.25, 0.3) is 0 Å². The summed E-state index contributed by atoms with van der Waals surface area (Å²) in [7, 11) is 1.93. The molecule has 0 aliphatic carbocycles. The quantitative estimate of drug-likeness (QED) is 0.815. The number of carbonyl (C=O) groups excluding carboxylic acids is 1. The minimum Gasteiger partial charge on any atom is -0.342 e. The minimum atomic E-state index is 0.0263. The average molecular weight is 244 g/mol. The lowest BCUT2D eigenvalue weighted by molar-refractivity contribution is -0.133. The van der Waals surface area contributed by atoms with Gasteiger partial charge in [0.15, 0.2) is 0 Å². The van der Waals surface area contributed by atoms with E-state index in [2.05, 4.69) is 26.1 Å². The number of likely N-dealkylation sites (N-methyl/N-ethyl adjacent to an activating group) is 1. The summed E-state index contributed by atoms with van der Waals surface area (Å²) in [6, 6.07) is 0.361. The zero-order valence-electron chi connectivity index (χ0n) is 10.8. The van der Waals surface area contributed by atoms with Gasteiger partial charge in [0.05, 0.1) is 6.04 Å². The first-order valence-electron chi connectivity index (χ1n) is 6.10. The topological polar surface area (TPSA) is 32.3 Å². The SMILES string of the molecule is CC(C)CC(C)N(C)C(=O)C1CSCCN1. The minimum absolute atomic E-state index is 0.0263. The van der Waals surface area contributed by atoms with Gasteiger partial charge >= 0.3 is 0 Å². The molecule has 1 aliphatic rings. The van der Waals surface area contributed by atoms with E-state index in [1.807, 2.05) is 23.7 Å². The van der Waals surface area contributed by atoms with Crippen molar-refractivity contribution in [2.24, 2.45) is 5.92 Å². The predicted octanol–water partition coefficient (Wildman–Crippen LogP) is 1.58. The fraction of sp³-hybridized carbons (Fsp3) is 0.917. The summed E-state index contributed by atoms with van der Waals surface area (Å²) in [6.07, 6.45) is 1.07. The maximum atomic E-state index is 12.2. The fourth-order valence-corrected chi connectivity index (χ4v) is 2.95. The van der Waals surface area contributed by atoms with E-state index in [-0.39, 0.29) is 11.9 Å². The van der Waals surface area contributed by atoms with E-state index >= 15 is 0 Å². The van der Waals surface area contributed by atoms with Crippen LogP contribution >= 0.6 is 11.8 Å². The number of hydrogen-bond donors (Lipinski definition) is 1. The highest BCUT2D eigenvalue weighted by Crippen LogP contribution is 2.14. The Kier molecular flexibility index (Phi) is 5.62. The maximum absolute atomic E-state index is 12.2. The van der Waals surface area contributed by atoms with Crippen LogP contribution in [0.2, 0.25) is 0 Å². The standard InChI is InChI=1S/C12H24N2OS/c1-9(2)7-10(3)14(4)12(15)11-8-16-6-5-13-11/h9-11,13H,5-8H2,1-4H3.